The lowest BCUT2D eigenvalue weighted by molar-refractivity contribution is 0.622. The number of fused-ring (bicyclic) bond motifs is 8. The normalized spacial score (nSPS) is 11.8. The van der Waals surface area contributed by atoms with Crippen LogP contribution < -0.4 is 4.90 Å². The zero-order valence-corrected chi connectivity index (χ0v) is 25.6. The molecular formula is C43H26N2O3. The summed E-state index contributed by atoms with van der Waals surface area (Å²) in [6.07, 6.45) is 0. The van der Waals surface area contributed by atoms with Gasteiger partial charge in [0.25, 0.3) is 0 Å². The quantitative estimate of drug-likeness (QED) is 0.192. The van der Waals surface area contributed by atoms with Crippen LogP contribution in [0.1, 0.15) is 0 Å². The maximum Gasteiger partial charge on any atom is 0.227 e. The van der Waals surface area contributed by atoms with E-state index in [-0.39, 0.29) is 0 Å². The van der Waals surface area contributed by atoms with Crippen molar-refractivity contribution in [1.29, 1.82) is 0 Å². The molecule has 48 heavy (non-hydrogen) atoms. The van der Waals surface area contributed by atoms with Crippen LogP contribution in [0.15, 0.2) is 171 Å². The summed E-state index contributed by atoms with van der Waals surface area (Å²) in [6.45, 7) is 0. The van der Waals surface area contributed by atoms with Crippen LogP contribution in [0.4, 0.5) is 17.1 Å². The van der Waals surface area contributed by atoms with Gasteiger partial charge in [-0.1, -0.05) is 78.9 Å². The van der Waals surface area contributed by atoms with Crippen molar-refractivity contribution in [3.8, 4) is 22.6 Å². The van der Waals surface area contributed by atoms with Crippen LogP contribution in [-0.4, -0.2) is 4.98 Å². The maximum absolute atomic E-state index is 6.44. The second kappa shape index (κ2) is 10.5. The highest BCUT2D eigenvalue weighted by Gasteiger charge is 2.19. The highest BCUT2D eigenvalue weighted by atomic mass is 16.4. The largest absolute Gasteiger partial charge is 0.456 e. The lowest BCUT2D eigenvalue weighted by Crippen LogP contribution is -2.09. The molecule has 0 amide bonds. The molecule has 0 aliphatic rings. The number of para-hydroxylation sites is 2. The van der Waals surface area contributed by atoms with E-state index in [1.807, 2.05) is 48.5 Å². The predicted octanol–water partition coefficient (Wildman–Crippen LogP) is 12.4. The first-order valence-corrected chi connectivity index (χ1v) is 15.9. The summed E-state index contributed by atoms with van der Waals surface area (Å²) in [5, 5.41) is 4.15. The Morgan fingerprint density at radius 2 is 0.958 bits per heavy atom. The summed E-state index contributed by atoms with van der Waals surface area (Å²) in [5.74, 6) is 0.569. The molecule has 0 fully saturated rings. The number of rotatable bonds is 5. The van der Waals surface area contributed by atoms with Gasteiger partial charge in [-0.3, -0.25) is 0 Å². The van der Waals surface area contributed by atoms with Gasteiger partial charge >= 0.3 is 0 Å². The van der Waals surface area contributed by atoms with Gasteiger partial charge in [-0.2, -0.15) is 0 Å². The Morgan fingerprint density at radius 3 is 1.73 bits per heavy atom. The number of anilines is 3. The highest BCUT2D eigenvalue weighted by molar-refractivity contribution is 6.16. The van der Waals surface area contributed by atoms with E-state index in [2.05, 4.69) is 114 Å². The van der Waals surface area contributed by atoms with Crippen LogP contribution in [0.25, 0.3) is 77.6 Å². The molecule has 0 N–H and O–H groups in total. The van der Waals surface area contributed by atoms with E-state index in [4.69, 9.17) is 18.2 Å². The average molecular weight is 619 g/mol. The van der Waals surface area contributed by atoms with E-state index in [1.165, 1.54) is 11.1 Å². The molecule has 0 saturated carbocycles. The molecule has 0 spiro atoms. The molecule has 0 unspecified atom stereocenters. The number of benzene rings is 7. The molecule has 0 aliphatic heterocycles. The summed E-state index contributed by atoms with van der Waals surface area (Å²) < 4.78 is 18.7. The van der Waals surface area contributed by atoms with Gasteiger partial charge in [0, 0.05) is 38.8 Å². The van der Waals surface area contributed by atoms with E-state index < -0.39 is 0 Å². The van der Waals surface area contributed by atoms with Gasteiger partial charge in [0.05, 0.1) is 5.39 Å². The number of nitrogens with zero attached hydrogens (tertiary/aromatic N) is 2. The summed E-state index contributed by atoms with van der Waals surface area (Å²) in [6, 6.07) is 54.0. The SMILES string of the molecule is c1ccc(-c2ccc(N(c3ccc(-c4nc5ccc6oc7ccccc7c6c5o4)cc3)c3ccc4oc5ccccc5c4c3)cc2)cc1. The van der Waals surface area contributed by atoms with Crippen molar-refractivity contribution in [2.24, 2.45) is 0 Å². The van der Waals surface area contributed by atoms with Crippen molar-refractivity contribution in [3.05, 3.63) is 158 Å². The van der Waals surface area contributed by atoms with Crippen LogP contribution in [0.2, 0.25) is 0 Å². The van der Waals surface area contributed by atoms with Crippen molar-refractivity contribution < 1.29 is 13.3 Å². The smallest absolute Gasteiger partial charge is 0.227 e. The van der Waals surface area contributed by atoms with Crippen LogP contribution in [0.3, 0.4) is 0 Å². The van der Waals surface area contributed by atoms with Gasteiger partial charge in [-0.25, -0.2) is 4.98 Å². The molecule has 226 valence electrons. The molecule has 0 saturated heterocycles. The first-order valence-electron chi connectivity index (χ1n) is 15.9. The van der Waals surface area contributed by atoms with Gasteiger partial charge in [-0.15, -0.1) is 0 Å². The van der Waals surface area contributed by atoms with E-state index in [0.717, 1.165) is 77.6 Å². The summed E-state index contributed by atoms with van der Waals surface area (Å²) in [7, 11) is 0. The van der Waals surface area contributed by atoms with Crippen molar-refractivity contribution in [1.82, 2.24) is 4.98 Å². The van der Waals surface area contributed by atoms with Crippen LogP contribution >= 0.6 is 0 Å². The molecule has 5 nitrogen and oxygen atoms in total. The molecule has 0 bridgehead atoms. The monoisotopic (exact) mass is 618 g/mol. The van der Waals surface area contributed by atoms with E-state index in [0.29, 0.717) is 5.89 Å². The van der Waals surface area contributed by atoms with Crippen LogP contribution in [-0.2, 0) is 0 Å². The molecule has 0 atom stereocenters. The molecule has 7 aromatic carbocycles. The number of furan rings is 2. The van der Waals surface area contributed by atoms with Crippen molar-refractivity contribution >= 4 is 72.0 Å². The van der Waals surface area contributed by atoms with E-state index in [9.17, 15) is 0 Å². The zero-order chi connectivity index (χ0) is 31.6. The zero-order valence-electron chi connectivity index (χ0n) is 25.6. The standard InChI is InChI=1S/C43H26N2O3/c1-2-8-27(9-3-1)28-14-18-30(19-15-28)45(32-22-24-39-35(26-32)33-10-4-6-12-37(33)46-39)31-20-16-29(17-21-31)43-44-36-23-25-40-41(42(36)48-43)34-11-5-7-13-38(34)47-40/h1-26H. The van der Waals surface area contributed by atoms with Gasteiger partial charge in [0.2, 0.25) is 5.89 Å². The maximum atomic E-state index is 6.44. The second-order valence-electron chi connectivity index (χ2n) is 12.0. The first kappa shape index (κ1) is 26.6. The fourth-order valence-corrected chi connectivity index (χ4v) is 6.81. The molecule has 10 rings (SSSR count). The Labute approximate surface area is 274 Å². The Balaban J connectivity index is 1.08. The Hall–Kier alpha value is -6.59. The lowest BCUT2D eigenvalue weighted by Gasteiger charge is -2.26. The molecule has 3 aromatic heterocycles. The average Bonchev–Trinajstić information content (AvgIpc) is 3.86. The minimum absolute atomic E-state index is 0.569. The summed E-state index contributed by atoms with van der Waals surface area (Å²) in [5.41, 5.74) is 11.2. The van der Waals surface area contributed by atoms with Gasteiger partial charge < -0.3 is 18.2 Å². The third-order valence-electron chi connectivity index (χ3n) is 9.12. The van der Waals surface area contributed by atoms with Gasteiger partial charge in [0.15, 0.2) is 5.58 Å². The van der Waals surface area contributed by atoms with Crippen molar-refractivity contribution in [3.63, 3.8) is 0 Å². The molecule has 10 aromatic rings. The first-order chi connectivity index (χ1) is 23.8. The van der Waals surface area contributed by atoms with Gasteiger partial charge in [0.1, 0.15) is 27.8 Å². The second-order valence-corrected chi connectivity index (χ2v) is 12.0. The minimum atomic E-state index is 0.569. The molecule has 0 aliphatic carbocycles. The van der Waals surface area contributed by atoms with Crippen molar-refractivity contribution in [2.75, 3.05) is 4.90 Å². The van der Waals surface area contributed by atoms with Gasteiger partial charge in [-0.05, 0) is 90.0 Å². The lowest BCUT2D eigenvalue weighted by atomic mass is 10.0. The van der Waals surface area contributed by atoms with Crippen LogP contribution in [0.5, 0.6) is 0 Å². The highest BCUT2D eigenvalue weighted by Crippen LogP contribution is 2.41. The summed E-state index contributed by atoms with van der Waals surface area (Å²) >= 11 is 0. The molecule has 0 radical (unpaired) electrons. The number of hydrogen-bond donors (Lipinski definition) is 0. The Kier molecular flexibility index (Phi) is 5.81. The van der Waals surface area contributed by atoms with E-state index in [1.54, 1.807) is 0 Å². The third-order valence-corrected chi connectivity index (χ3v) is 9.12. The molecule has 5 heteroatoms. The number of hydrogen-bond acceptors (Lipinski definition) is 5. The van der Waals surface area contributed by atoms with E-state index >= 15 is 0 Å². The topological polar surface area (TPSA) is 55.6 Å². The molecular weight excluding hydrogens is 592 g/mol. The Morgan fingerprint density at radius 1 is 0.396 bits per heavy atom. The van der Waals surface area contributed by atoms with Crippen molar-refractivity contribution in [2.45, 2.75) is 0 Å². The fraction of sp³-hybridized carbons (Fsp3) is 0. The molecule has 3 heterocycles. The predicted molar refractivity (Wildman–Crippen MR) is 194 cm³/mol. The number of aromatic nitrogens is 1. The fourth-order valence-electron chi connectivity index (χ4n) is 6.81. The minimum Gasteiger partial charge on any atom is -0.456 e. The Bertz CT molecular complexity index is 2770. The third kappa shape index (κ3) is 4.22. The summed E-state index contributed by atoms with van der Waals surface area (Å²) in [4.78, 5) is 7.14. The van der Waals surface area contributed by atoms with Crippen LogP contribution in [0, 0.1) is 0 Å². The number of oxazole rings is 1.